The van der Waals surface area contributed by atoms with Crippen molar-refractivity contribution < 1.29 is 9.47 Å². The summed E-state index contributed by atoms with van der Waals surface area (Å²) in [5, 5.41) is 4.35. The van der Waals surface area contributed by atoms with Crippen LogP contribution in [0.4, 0.5) is 0 Å². The molecule has 108 valence electrons. The first kappa shape index (κ1) is 14.3. The van der Waals surface area contributed by atoms with E-state index in [9.17, 15) is 0 Å². The Bertz CT molecular complexity index is 407. The second kappa shape index (κ2) is 6.36. The van der Waals surface area contributed by atoms with Crippen LogP contribution < -0.4 is 10.5 Å². The van der Waals surface area contributed by atoms with Gasteiger partial charge in [-0.25, -0.2) is 0 Å². The average molecular weight is 268 g/mol. The van der Waals surface area contributed by atoms with Crippen molar-refractivity contribution in [1.82, 2.24) is 14.7 Å². The highest BCUT2D eigenvalue weighted by atomic mass is 16.5. The minimum absolute atomic E-state index is 0.0139. The zero-order valence-electron chi connectivity index (χ0n) is 12.0. The fourth-order valence-electron chi connectivity index (χ4n) is 2.47. The van der Waals surface area contributed by atoms with Crippen LogP contribution in [0.5, 0.6) is 5.75 Å². The Morgan fingerprint density at radius 1 is 1.63 bits per heavy atom. The highest BCUT2D eigenvalue weighted by Crippen LogP contribution is 2.28. The molecule has 19 heavy (non-hydrogen) atoms. The topological polar surface area (TPSA) is 65.5 Å². The van der Waals surface area contributed by atoms with Crippen molar-refractivity contribution in [2.24, 2.45) is 5.73 Å². The van der Waals surface area contributed by atoms with Gasteiger partial charge in [-0.2, -0.15) is 5.10 Å². The molecule has 0 spiro atoms. The van der Waals surface area contributed by atoms with Gasteiger partial charge in [0.05, 0.1) is 37.8 Å². The molecule has 1 aliphatic heterocycles. The summed E-state index contributed by atoms with van der Waals surface area (Å²) in [6, 6.07) is -0.216. The summed E-state index contributed by atoms with van der Waals surface area (Å²) < 4.78 is 13.1. The Kier molecular flexibility index (Phi) is 4.79. The van der Waals surface area contributed by atoms with Crippen LogP contribution in [0.3, 0.4) is 0 Å². The van der Waals surface area contributed by atoms with Gasteiger partial charge in [0.25, 0.3) is 0 Å². The minimum atomic E-state index is -0.216. The van der Waals surface area contributed by atoms with E-state index in [1.807, 2.05) is 4.68 Å². The van der Waals surface area contributed by atoms with Gasteiger partial charge < -0.3 is 20.1 Å². The molecule has 1 saturated heterocycles. The molecular weight excluding hydrogens is 244 g/mol. The zero-order valence-corrected chi connectivity index (χ0v) is 12.0. The first-order valence-corrected chi connectivity index (χ1v) is 6.82. The minimum Gasteiger partial charge on any atom is -0.493 e. The average Bonchev–Trinajstić information content (AvgIpc) is 2.81. The number of methoxy groups -OCH3 is 1. The molecule has 2 heterocycles. The van der Waals surface area contributed by atoms with Crippen molar-refractivity contribution >= 4 is 0 Å². The lowest BCUT2D eigenvalue weighted by atomic mass is 10.1. The second-order valence-electron chi connectivity index (χ2n) is 5.02. The summed E-state index contributed by atoms with van der Waals surface area (Å²) in [6.07, 6.45) is 2.73. The van der Waals surface area contributed by atoms with E-state index in [-0.39, 0.29) is 12.1 Å². The molecule has 1 aliphatic rings. The summed E-state index contributed by atoms with van der Waals surface area (Å²) in [6.45, 7) is 5.47. The lowest BCUT2D eigenvalue weighted by molar-refractivity contribution is -0.0342. The molecule has 0 aliphatic carbocycles. The summed E-state index contributed by atoms with van der Waals surface area (Å²) in [5.74, 6) is 0.748. The smallest absolute Gasteiger partial charge is 0.161 e. The third-order valence-electron chi connectivity index (χ3n) is 3.51. The van der Waals surface area contributed by atoms with Gasteiger partial charge in [-0.05, 0) is 13.5 Å². The van der Waals surface area contributed by atoms with Crippen LogP contribution >= 0.6 is 0 Å². The molecular formula is C13H24N4O2. The number of rotatable bonds is 5. The summed E-state index contributed by atoms with van der Waals surface area (Å²) >= 11 is 0. The Morgan fingerprint density at radius 2 is 2.42 bits per heavy atom. The molecule has 1 aromatic rings. The number of likely N-dealkylation sites (N-methyl/N-ethyl adjacent to an activating group) is 1. The third-order valence-corrected chi connectivity index (χ3v) is 3.51. The van der Waals surface area contributed by atoms with E-state index in [2.05, 4.69) is 24.0 Å². The fourth-order valence-corrected chi connectivity index (χ4v) is 2.47. The molecule has 0 radical (unpaired) electrons. The van der Waals surface area contributed by atoms with Gasteiger partial charge in [-0.1, -0.05) is 6.92 Å². The van der Waals surface area contributed by atoms with Gasteiger partial charge in [0.1, 0.15) is 0 Å². The molecule has 2 atom stereocenters. The van der Waals surface area contributed by atoms with Crippen LogP contribution in [0.25, 0.3) is 0 Å². The number of aryl methyl sites for hydroxylation is 1. The van der Waals surface area contributed by atoms with Gasteiger partial charge in [0, 0.05) is 19.6 Å². The lowest BCUT2D eigenvalue weighted by Crippen LogP contribution is -2.45. The molecule has 2 N–H and O–H groups in total. The van der Waals surface area contributed by atoms with Gasteiger partial charge in [0.2, 0.25) is 0 Å². The molecule has 6 heteroatoms. The number of nitrogens with two attached hydrogens (primary N) is 1. The first-order chi connectivity index (χ1) is 9.17. The predicted octanol–water partition coefficient (Wildman–Crippen LogP) is 0.632. The molecule has 0 bridgehead atoms. The Morgan fingerprint density at radius 3 is 3.05 bits per heavy atom. The Balaban J connectivity index is 2.20. The SMILES string of the molecule is CCCn1ncc(OC)c1C(N)C1CN(C)CCO1. The number of ether oxygens (including phenoxy) is 2. The quantitative estimate of drug-likeness (QED) is 0.848. The number of aromatic nitrogens is 2. The van der Waals surface area contributed by atoms with E-state index in [1.165, 1.54) is 0 Å². The van der Waals surface area contributed by atoms with Crippen LogP contribution in [-0.4, -0.2) is 54.6 Å². The monoisotopic (exact) mass is 268 g/mol. The van der Waals surface area contributed by atoms with Gasteiger partial charge in [-0.3, -0.25) is 4.68 Å². The zero-order chi connectivity index (χ0) is 13.8. The van der Waals surface area contributed by atoms with E-state index in [4.69, 9.17) is 15.2 Å². The van der Waals surface area contributed by atoms with Gasteiger partial charge in [-0.15, -0.1) is 0 Å². The van der Waals surface area contributed by atoms with Crippen molar-refractivity contribution in [3.8, 4) is 5.75 Å². The van der Waals surface area contributed by atoms with E-state index < -0.39 is 0 Å². The molecule has 0 aromatic carbocycles. The predicted molar refractivity (Wildman–Crippen MR) is 73.2 cm³/mol. The van der Waals surface area contributed by atoms with Crippen LogP contribution in [0.2, 0.25) is 0 Å². The molecule has 0 amide bonds. The van der Waals surface area contributed by atoms with Crippen LogP contribution in [0.1, 0.15) is 25.1 Å². The molecule has 1 fully saturated rings. The third kappa shape index (κ3) is 3.08. The molecule has 2 rings (SSSR count). The Hall–Kier alpha value is -1.11. The van der Waals surface area contributed by atoms with Crippen LogP contribution in [0, 0.1) is 0 Å². The van der Waals surface area contributed by atoms with Crippen molar-refractivity contribution in [2.75, 3.05) is 33.9 Å². The maximum absolute atomic E-state index is 6.39. The van der Waals surface area contributed by atoms with Gasteiger partial charge >= 0.3 is 0 Å². The number of nitrogens with zero attached hydrogens (tertiary/aromatic N) is 3. The first-order valence-electron chi connectivity index (χ1n) is 6.82. The highest BCUT2D eigenvalue weighted by molar-refractivity contribution is 5.29. The van der Waals surface area contributed by atoms with E-state index >= 15 is 0 Å². The Labute approximate surface area is 114 Å². The lowest BCUT2D eigenvalue weighted by Gasteiger charge is -2.33. The van der Waals surface area contributed by atoms with Gasteiger partial charge in [0.15, 0.2) is 5.75 Å². The highest BCUT2D eigenvalue weighted by Gasteiger charge is 2.30. The van der Waals surface area contributed by atoms with Crippen molar-refractivity contribution in [3.05, 3.63) is 11.9 Å². The number of hydrogen-bond acceptors (Lipinski definition) is 5. The summed E-state index contributed by atoms with van der Waals surface area (Å²) in [5.41, 5.74) is 7.33. The largest absolute Gasteiger partial charge is 0.493 e. The summed E-state index contributed by atoms with van der Waals surface area (Å²) in [4.78, 5) is 2.24. The molecule has 1 aromatic heterocycles. The van der Waals surface area contributed by atoms with Crippen molar-refractivity contribution in [2.45, 2.75) is 32.0 Å². The summed E-state index contributed by atoms with van der Waals surface area (Å²) in [7, 11) is 3.74. The normalized spacial score (nSPS) is 22.4. The maximum atomic E-state index is 6.39. The number of hydrogen-bond donors (Lipinski definition) is 1. The standard InChI is InChI=1S/C13H24N4O2/c1-4-5-17-13(10(18-3)8-15-17)12(14)11-9-16(2)6-7-19-11/h8,11-12H,4-7,9,14H2,1-3H3. The number of morpholine rings is 1. The molecule has 6 nitrogen and oxygen atoms in total. The fraction of sp³-hybridized carbons (Fsp3) is 0.769. The molecule has 0 saturated carbocycles. The second-order valence-corrected chi connectivity index (χ2v) is 5.02. The molecule has 2 unspecified atom stereocenters. The van der Waals surface area contributed by atoms with Crippen molar-refractivity contribution in [3.63, 3.8) is 0 Å². The van der Waals surface area contributed by atoms with E-state index in [0.717, 1.165) is 44.1 Å². The van der Waals surface area contributed by atoms with Crippen LogP contribution in [-0.2, 0) is 11.3 Å². The van der Waals surface area contributed by atoms with Crippen molar-refractivity contribution in [1.29, 1.82) is 0 Å². The van der Waals surface area contributed by atoms with E-state index in [0.29, 0.717) is 0 Å². The van der Waals surface area contributed by atoms with E-state index in [1.54, 1.807) is 13.3 Å². The van der Waals surface area contributed by atoms with Crippen LogP contribution in [0.15, 0.2) is 6.20 Å². The maximum Gasteiger partial charge on any atom is 0.161 e.